The van der Waals surface area contributed by atoms with Gasteiger partial charge in [0.25, 0.3) is 0 Å². The van der Waals surface area contributed by atoms with Gasteiger partial charge in [-0.05, 0) is 83.2 Å². The maximum atomic E-state index is 6.35. The number of para-hydroxylation sites is 3. The third-order valence-electron chi connectivity index (χ3n) is 9.77. The van der Waals surface area contributed by atoms with E-state index in [4.69, 9.17) is 4.42 Å². The van der Waals surface area contributed by atoms with Gasteiger partial charge in [-0.1, -0.05) is 109 Å². The van der Waals surface area contributed by atoms with E-state index in [0.717, 1.165) is 39.0 Å². The minimum absolute atomic E-state index is 0.878. The van der Waals surface area contributed by atoms with Crippen LogP contribution in [0.5, 0.6) is 0 Å². The van der Waals surface area contributed by atoms with E-state index in [1.165, 1.54) is 49.4 Å². The van der Waals surface area contributed by atoms with E-state index < -0.39 is 0 Å². The Hall–Kier alpha value is -6.58. The first-order valence-corrected chi connectivity index (χ1v) is 16.7. The van der Waals surface area contributed by atoms with Crippen LogP contribution < -0.4 is 4.90 Å². The molecule has 0 spiro atoms. The van der Waals surface area contributed by atoms with Crippen LogP contribution in [-0.2, 0) is 0 Å². The molecule has 49 heavy (non-hydrogen) atoms. The lowest BCUT2D eigenvalue weighted by atomic mass is 10.0. The van der Waals surface area contributed by atoms with Crippen molar-refractivity contribution in [3.8, 4) is 16.8 Å². The molecule has 2 heterocycles. The van der Waals surface area contributed by atoms with Crippen molar-refractivity contribution in [1.82, 2.24) is 4.57 Å². The number of hydrogen-bond donors (Lipinski definition) is 0. The lowest BCUT2D eigenvalue weighted by Crippen LogP contribution is -2.10. The molecule has 0 saturated carbocycles. The van der Waals surface area contributed by atoms with Crippen molar-refractivity contribution < 1.29 is 4.42 Å². The molecule has 0 bridgehead atoms. The average Bonchev–Trinajstić information content (AvgIpc) is 3.71. The Balaban J connectivity index is 1.11. The van der Waals surface area contributed by atoms with Gasteiger partial charge in [0.15, 0.2) is 0 Å². The van der Waals surface area contributed by atoms with Gasteiger partial charge in [-0.25, -0.2) is 0 Å². The number of furan rings is 1. The van der Waals surface area contributed by atoms with Crippen LogP contribution in [0, 0.1) is 0 Å². The fourth-order valence-electron chi connectivity index (χ4n) is 7.49. The Labute approximate surface area is 283 Å². The van der Waals surface area contributed by atoms with E-state index >= 15 is 0 Å². The molecule has 2 aromatic heterocycles. The van der Waals surface area contributed by atoms with Gasteiger partial charge in [-0.15, -0.1) is 0 Å². The molecule has 0 aliphatic carbocycles. The van der Waals surface area contributed by atoms with Crippen molar-refractivity contribution in [3.05, 3.63) is 182 Å². The van der Waals surface area contributed by atoms with Gasteiger partial charge in [-0.2, -0.15) is 0 Å². The van der Waals surface area contributed by atoms with Gasteiger partial charge in [0, 0.05) is 50.1 Å². The second-order valence-electron chi connectivity index (χ2n) is 12.6. The number of anilines is 3. The zero-order valence-electron chi connectivity index (χ0n) is 26.6. The molecule has 0 atom stereocenters. The van der Waals surface area contributed by atoms with Crippen LogP contribution in [0.3, 0.4) is 0 Å². The van der Waals surface area contributed by atoms with Crippen LogP contribution in [0.1, 0.15) is 0 Å². The van der Waals surface area contributed by atoms with Crippen molar-refractivity contribution in [1.29, 1.82) is 0 Å². The molecular formula is C46H30N2O. The molecule has 0 radical (unpaired) electrons. The number of benzene rings is 8. The van der Waals surface area contributed by atoms with Gasteiger partial charge < -0.3 is 13.9 Å². The SMILES string of the molecule is c1ccc(-n2c3ccccc3c3cc(-c4ccc(N(c5ccc6c(c5)oc5ccccc56)c5cccc6ccccc56)cc4)ccc32)cc1. The summed E-state index contributed by atoms with van der Waals surface area (Å²) in [5, 5.41) is 7.15. The predicted molar refractivity (Wildman–Crippen MR) is 206 cm³/mol. The summed E-state index contributed by atoms with van der Waals surface area (Å²) in [6.45, 7) is 0. The highest BCUT2D eigenvalue weighted by atomic mass is 16.3. The van der Waals surface area contributed by atoms with Crippen LogP contribution in [0.25, 0.3) is 71.3 Å². The number of rotatable bonds is 5. The summed E-state index contributed by atoms with van der Waals surface area (Å²) in [6.07, 6.45) is 0. The zero-order chi connectivity index (χ0) is 32.3. The Morgan fingerprint density at radius 1 is 0.388 bits per heavy atom. The molecule has 10 rings (SSSR count). The Morgan fingerprint density at radius 3 is 1.92 bits per heavy atom. The first-order chi connectivity index (χ1) is 24.3. The largest absolute Gasteiger partial charge is 0.456 e. The second kappa shape index (κ2) is 11.0. The van der Waals surface area contributed by atoms with Crippen LogP contribution in [0.2, 0.25) is 0 Å². The first-order valence-electron chi connectivity index (χ1n) is 16.7. The molecule has 230 valence electrons. The predicted octanol–water partition coefficient (Wildman–Crippen LogP) is 13.0. The molecule has 0 N–H and O–H groups in total. The molecule has 0 unspecified atom stereocenters. The molecule has 3 nitrogen and oxygen atoms in total. The highest BCUT2D eigenvalue weighted by Crippen LogP contribution is 2.42. The zero-order valence-corrected chi connectivity index (χ0v) is 26.6. The minimum Gasteiger partial charge on any atom is -0.456 e. The summed E-state index contributed by atoms with van der Waals surface area (Å²) in [5.74, 6) is 0. The van der Waals surface area contributed by atoms with Crippen molar-refractivity contribution in [2.75, 3.05) is 4.90 Å². The fourth-order valence-corrected chi connectivity index (χ4v) is 7.49. The van der Waals surface area contributed by atoms with Gasteiger partial charge in [-0.3, -0.25) is 0 Å². The van der Waals surface area contributed by atoms with Crippen molar-refractivity contribution in [2.24, 2.45) is 0 Å². The minimum atomic E-state index is 0.878. The Morgan fingerprint density at radius 2 is 1.04 bits per heavy atom. The van der Waals surface area contributed by atoms with E-state index in [0.29, 0.717) is 0 Å². The summed E-state index contributed by atoms with van der Waals surface area (Å²) in [7, 11) is 0. The third-order valence-corrected chi connectivity index (χ3v) is 9.77. The molecule has 3 heteroatoms. The maximum absolute atomic E-state index is 6.35. The number of hydrogen-bond acceptors (Lipinski definition) is 2. The molecule has 8 aromatic carbocycles. The molecule has 0 fully saturated rings. The molecule has 10 aromatic rings. The van der Waals surface area contributed by atoms with Crippen molar-refractivity contribution in [3.63, 3.8) is 0 Å². The van der Waals surface area contributed by atoms with Gasteiger partial charge in [0.05, 0.1) is 16.7 Å². The lowest BCUT2D eigenvalue weighted by Gasteiger charge is -2.27. The van der Waals surface area contributed by atoms with Crippen LogP contribution in [0.4, 0.5) is 17.1 Å². The highest BCUT2D eigenvalue weighted by molar-refractivity contribution is 6.11. The Bertz CT molecular complexity index is 2820. The Kier molecular flexibility index (Phi) is 6.18. The summed E-state index contributed by atoms with van der Waals surface area (Å²) < 4.78 is 8.71. The summed E-state index contributed by atoms with van der Waals surface area (Å²) in [4.78, 5) is 2.34. The molecule has 0 saturated heterocycles. The summed E-state index contributed by atoms with van der Waals surface area (Å²) >= 11 is 0. The number of nitrogens with zero attached hydrogens (tertiary/aromatic N) is 2. The molecule has 0 amide bonds. The number of fused-ring (bicyclic) bond motifs is 7. The first kappa shape index (κ1) is 27.5. The summed E-state index contributed by atoms with van der Waals surface area (Å²) in [6, 6.07) is 65.0. The van der Waals surface area contributed by atoms with Gasteiger partial charge in [0.1, 0.15) is 11.2 Å². The normalized spacial score (nSPS) is 11.7. The van der Waals surface area contributed by atoms with Gasteiger partial charge >= 0.3 is 0 Å². The highest BCUT2D eigenvalue weighted by Gasteiger charge is 2.18. The van der Waals surface area contributed by atoms with E-state index in [1.807, 2.05) is 12.1 Å². The quantitative estimate of drug-likeness (QED) is 0.190. The second-order valence-corrected chi connectivity index (χ2v) is 12.6. The fraction of sp³-hybridized carbons (Fsp3) is 0. The van der Waals surface area contributed by atoms with E-state index in [9.17, 15) is 0 Å². The number of aromatic nitrogens is 1. The molecule has 0 aliphatic rings. The maximum Gasteiger partial charge on any atom is 0.137 e. The monoisotopic (exact) mass is 626 g/mol. The van der Waals surface area contributed by atoms with Crippen LogP contribution in [0.15, 0.2) is 186 Å². The molecule has 0 aliphatic heterocycles. The summed E-state index contributed by atoms with van der Waals surface area (Å²) in [5.41, 5.74) is 11.0. The van der Waals surface area contributed by atoms with Gasteiger partial charge in [0.2, 0.25) is 0 Å². The standard InChI is InChI=1S/C46H30N2O/c1-2-13-34(14-3-1)48-43-18-8-6-16-38(43)41-29-33(23-28-44(41)48)31-21-24-35(25-22-31)47(42-19-10-12-32-11-4-5-15-37(32)42)36-26-27-40-39-17-7-9-20-45(39)49-46(40)30-36/h1-30H. The molecular weight excluding hydrogens is 597 g/mol. The van der Waals surface area contributed by atoms with Crippen LogP contribution in [-0.4, -0.2) is 4.57 Å². The van der Waals surface area contributed by atoms with E-state index in [2.05, 4.69) is 179 Å². The lowest BCUT2D eigenvalue weighted by molar-refractivity contribution is 0.669. The van der Waals surface area contributed by atoms with E-state index in [-0.39, 0.29) is 0 Å². The van der Waals surface area contributed by atoms with Crippen LogP contribution >= 0.6 is 0 Å². The third kappa shape index (κ3) is 4.44. The van der Waals surface area contributed by atoms with Crippen molar-refractivity contribution in [2.45, 2.75) is 0 Å². The smallest absolute Gasteiger partial charge is 0.137 e. The van der Waals surface area contributed by atoms with Crippen molar-refractivity contribution >= 4 is 71.6 Å². The topological polar surface area (TPSA) is 21.3 Å². The average molecular weight is 627 g/mol. The van der Waals surface area contributed by atoms with E-state index in [1.54, 1.807) is 0 Å².